The van der Waals surface area contributed by atoms with Crippen LogP contribution in [0.3, 0.4) is 0 Å². The van der Waals surface area contributed by atoms with Crippen molar-refractivity contribution in [1.82, 2.24) is 24.9 Å². The van der Waals surface area contributed by atoms with Crippen molar-refractivity contribution in [2.45, 2.75) is 13.5 Å². The molecule has 31 heavy (non-hydrogen) atoms. The second kappa shape index (κ2) is 9.57. The van der Waals surface area contributed by atoms with Gasteiger partial charge in [-0.05, 0) is 24.6 Å². The molecule has 7 nitrogen and oxygen atoms in total. The Morgan fingerprint density at radius 1 is 0.935 bits per heavy atom. The minimum absolute atomic E-state index is 0.00334. The van der Waals surface area contributed by atoms with Crippen LogP contribution in [-0.2, 0) is 11.3 Å². The van der Waals surface area contributed by atoms with E-state index in [9.17, 15) is 9.59 Å². The highest BCUT2D eigenvalue weighted by atomic mass is 16.2. The molecule has 7 heteroatoms. The number of carbonyl (C=O) groups excluding carboxylic acids is 2. The van der Waals surface area contributed by atoms with Crippen LogP contribution in [0.1, 0.15) is 21.6 Å². The molecule has 0 radical (unpaired) electrons. The van der Waals surface area contributed by atoms with E-state index >= 15 is 0 Å². The molecule has 0 atom stereocenters. The number of amides is 2. The van der Waals surface area contributed by atoms with E-state index in [0.29, 0.717) is 44.8 Å². The van der Waals surface area contributed by atoms with Crippen LogP contribution >= 0.6 is 0 Å². The fourth-order valence-electron chi connectivity index (χ4n) is 3.78. The third-order valence-electron chi connectivity index (χ3n) is 5.60. The number of nitrogens with zero attached hydrogens (tertiary/aromatic N) is 4. The predicted octanol–water partition coefficient (Wildman–Crippen LogP) is 2.25. The number of hydrogen-bond donors (Lipinski definition) is 1. The summed E-state index contributed by atoms with van der Waals surface area (Å²) in [5, 5.41) is 7.37. The molecule has 0 spiro atoms. The molecule has 1 fully saturated rings. The summed E-state index contributed by atoms with van der Waals surface area (Å²) in [4.78, 5) is 29.2. The largest absolute Gasteiger partial charge is 0.351 e. The van der Waals surface area contributed by atoms with E-state index in [2.05, 4.69) is 15.3 Å². The van der Waals surface area contributed by atoms with E-state index in [1.807, 2.05) is 72.5 Å². The van der Waals surface area contributed by atoms with Crippen molar-refractivity contribution in [3.63, 3.8) is 0 Å². The maximum Gasteiger partial charge on any atom is 0.257 e. The average molecular weight is 418 g/mol. The quantitative estimate of drug-likeness (QED) is 0.668. The molecule has 1 N–H and O–H groups in total. The van der Waals surface area contributed by atoms with E-state index < -0.39 is 0 Å². The van der Waals surface area contributed by atoms with Crippen LogP contribution in [0.2, 0.25) is 0 Å². The lowest BCUT2D eigenvalue weighted by atomic mass is 10.2. The number of benzene rings is 2. The van der Waals surface area contributed by atoms with Crippen LogP contribution in [0.25, 0.3) is 5.69 Å². The zero-order valence-corrected chi connectivity index (χ0v) is 17.7. The van der Waals surface area contributed by atoms with Gasteiger partial charge in [-0.2, -0.15) is 5.10 Å². The first kappa shape index (κ1) is 20.8. The Bertz CT molecular complexity index is 1020. The average Bonchev–Trinajstić information content (AvgIpc) is 3.20. The first-order valence-corrected chi connectivity index (χ1v) is 10.5. The molecule has 0 saturated carbocycles. The second-order valence-electron chi connectivity index (χ2n) is 7.72. The molecule has 0 bridgehead atoms. The zero-order chi connectivity index (χ0) is 21.6. The first-order chi connectivity index (χ1) is 15.1. The van der Waals surface area contributed by atoms with Crippen molar-refractivity contribution in [3.8, 4) is 5.69 Å². The number of para-hydroxylation sites is 1. The number of carbonyl (C=O) groups is 2. The van der Waals surface area contributed by atoms with Crippen LogP contribution in [-0.4, -0.2) is 64.1 Å². The Morgan fingerprint density at radius 2 is 1.58 bits per heavy atom. The van der Waals surface area contributed by atoms with Crippen molar-refractivity contribution in [1.29, 1.82) is 0 Å². The number of aromatic nitrogens is 2. The van der Waals surface area contributed by atoms with Gasteiger partial charge in [0.15, 0.2) is 0 Å². The number of nitrogens with one attached hydrogen (secondary N) is 1. The Balaban J connectivity index is 1.28. The van der Waals surface area contributed by atoms with Crippen LogP contribution in [0.15, 0.2) is 66.9 Å². The fraction of sp³-hybridized carbons (Fsp3) is 0.292. The molecule has 2 amide bonds. The van der Waals surface area contributed by atoms with E-state index in [0.717, 1.165) is 16.9 Å². The molecule has 1 saturated heterocycles. The van der Waals surface area contributed by atoms with Crippen LogP contribution in [0.5, 0.6) is 0 Å². The number of piperazine rings is 1. The normalized spacial score (nSPS) is 14.4. The summed E-state index contributed by atoms with van der Waals surface area (Å²) < 4.78 is 1.79. The van der Waals surface area contributed by atoms with Gasteiger partial charge in [0.2, 0.25) is 5.91 Å². The third-order valence-corrected chi connectivity index (χ3v) is 5.60. The van der Waals surface area contributed by atoms with E-state index in [4.69, 9.17) is 0 Å². The highest BCUT2D eigenvalue weighted by Gasteiger charge is 2.25. The Hall–Kier alpha value is -3.45. The molecule has 2 aromatic carbocycles. The van der Waals surface area contributed by atoms with Gasteiger partial charge in [-0.15, -0.1) is 0 Å². The van der Waals surface area contributed by atoms with E-state index in [1.165, 1.54) is 0 Å². The number of rotatable bonds is 6. The lowest BCUT2D eigenvalue weighted by molar-refractivity contribution is -0.122. The van der Waals surface area contributed by atoms with Gasteiger partial charge in [-0.1, -0.05) is 48.5 Å². The summed E-state index contributed by atoms with van der Waals surface area (Å²) >= 11 is 0. The molecular formula is C24H27N5O2. The van der Waals surface area contributed by atoms with E-state index in [-0.39, 0.29) is 11.8 Å². The van der Waals surface area contributed by atoms with Gasteiger partial charge in [0.25, 0.3) is 5.91 Å². The van der Waals surface area contributed by atoms with Gasteiger partial charge >= 0.3 is 0 Å². The fourth-order valence-corrected chi connectivity index (χ4v) is 3.78. The Morgan fingerprint density at radius 3 is 2.26 bits per heavy atom. The molecular weight excluding hydrogens is 390 g/mol. The minimum Gasteiger partial charge on any atom is -0.351 e. The third kappa shape index (κ3) is 5.00. The highest BCUT2D eigenvalue weighted by molar-refractivity contribution is 5.95. The summed E-state index contributed by atoms with van der Waals surface area (Å²) in [5.74, 6) is -0.00327. The van der Waals surface area contributed by atoms with Crippen LogP contribution < -0.4 is 5.32 Å². The molecule has 3 aromatic rings. The second-order valence-corrected chi connectivity index (χ2v) is 7.72. The smallest absolute Gasteiger partial charge is 0.257 e. The van der Waals surface area contributed by atoms with Crippen LogP contribution in [0.4, 0.5) is 0 Å². The summed E-state index contributed by atoms with van der Waals surface area (Å²) in [6.45, 7) is 5.34. The lowest BCUT2D eigenvalue weighted by Gasteiger charge is -2.34. The summed E-state index contributed by atoms with van der Waals surface area (Å²) in [7, 11) is 0. The molecule has 0 aliphatic carbocycles. The van der Waals surface area contributed by atoms with Gasteiger partial charge in [0, 0.05) is 32.7 Å². The number of hydrogen-bond acceptors (Lipinski definition) is 4. The van der Waals surface area contributed by atoms with Crippen molar-refractivity contribution in [2.75, 3.05) is 32.7 Å². The molecule has 0 unspecified atom stereocenters. The molecule has 4 rings (SSSR count). The summed E-state index contributed by atoms with van der Waals surface area (Å²) in [6.07, 6.45) is 1.65. The maximum atomic E-state index is 13.0. The van der Waals surface area contributed by atoms with Crippen molar-refractivity contribution in [2.24, 2.45) is 0 Å². The molecule has 2 heterocycles. The van der Waals surface area contributed by atoms with Crippen molar-refractivity contribution in [3.05, 3.63) is 83.7 Å². The SMILES string of the molecule is Cc1c(C(=O)N2CCN(CC(=O)NCc3ccccc3)CC2)cnn1-c1ccccc1. The summed E-state index contributed by atoms with van der Waals surface area (Å²) in [5.41, 5.74) is 3.47. The standard InChI is InChI=1S/C24H27N5O2/c1-19-22(17-26-29(19)21-10-6-3-7-11-21)24(31)28-14-12-27(13-15-28)18-23(30)25-16-20-8-4-2-5-9-20/h2-11,17H,12-16,18H2,1H3,(H,25,30). The van der Waals surface area contributed by atoms with Crippen molar-refractivity contribution >= 4 is 11.8 Å². The zero-order valence-electron chi connectivity index (χ0n) is 17.7. The molecule has 1 aliphatic heterocycles. The van der Waals surface area contributed by atoms with Gasteiger partial charge in [-0.25, -0.2) is 4.68 Å². The van der Waals surface area contributed by atoms with E-state index in [1.54, 1.807) is 10.9 Å². The van der Waals surface area contributed by atoms with Gasteiger partial charge in [0.05, 0.1) is 29.7 Å². The Labute approximate surface area is 182 Å². The minimum atomic E-state index is -0.00661. The molecule has 160 valence electrons. The topological polar surface area (TPSA) is 70.5 Å². The molecule has 1 aromatic heterocycles. The lowest BCUT2D eigenvalue weighted by Crippen LogP contribution is -2.51. The van der Waals surface area contributed by atoms with Crippen molar-refractivity contribution < 1.29 is 9.59 Å². The predicted molar refractivity (Wildman–Crippen MR) is 119 cm³/mol. The van der Waals surface area contributed by atoms with Gasteiger partial charge in [-0.3, -0.25) is 14.5 Å². The monoisotopic (exact) mass is 417 g/mol. The molecule has 1 aliphatic rings. The first-order valence-electron chi connectivity index (χ1n) is 10.5. The maximum absolute atomic E-state index is 13.0. The Kier molecular flexibility index (Phi) is 6.43. The summed E-state index contributed by atoms with van der Waals surface area (Å²) in [6, 6.07) is 19.7. The van der Waals surface area contributed by atoms with Gasteiger partial charge < -0.3 is 10.2 Å². The van der Waals surface area contributed by atoms with Crippen LogP contribution in [0, 0.1) is 6.92 Å². The van der Waals surface area contributed by atoms with Gasteiger partial charge in [0.1, 0.15) is 0 Å². The highest BCUT2D eigenvalue weighted by Crippen LogP contribution is 2.16.